The van der Waals surface area contributed by atoms with E-state index in [-0.39, 0.29) is 5.60 Å². The van der Waals surface area contributed by atoms with E-state index in [4.69, 9.17) is 4.74 Å². The van der Waals surface area contributed by atoms with Gasteiger partial charge in [-0.25, -0.2) is 0 Å². The molecule has 0 heterocycles. The fourth-order valence-corrected chi connectivity index (χ4v) is 4.45. The van der Waals surface area contributed by atoms with Crippen LogP contribution in [0.2, 0.25) is 0 Å². The highest BCUT2D eigenvalue weighted by molar-refractivity contribution is 14.1. The third-order valence-corrected chi connectivity index (χ3v) is 6.61. The molecule has 0 aromatic heterocycles. The molecular formula is C17H24BrIO. The van der Waals surface area contributed by atoms with E-state index in [0.717, 1.165) is 21.4 Å². The molecule has 0 bridgehead atoms. The Morgan fingerprint density at radius 3 is 2.60 bits per heavy atom. The van der Waals surface area contributed by atoms with Crippen LogP contribution in [0, 0.1) is 5.92 Å². The van der Waals surface area contributed by atoms with Crippen LogP contribution < -0.4 is 0 Å². The van der Waals surface area contributed by atoms with E-state index >= 15 is 0 Å². The molecule has 112 valence electrons. The molecule has 0 radical (unpaired) electrons. The van der Waals surface area contributed by atoms with E-state index < -0.39 is 0 Å². The van der Waals surface area contributed by atoms with Crippen molar-refractivity contribution in [3.8, 4) is 0 Å². The summed E-state index contributed by atoms with van der Waals surface area (Å²) in [6.45, 7) is 3.02. The predicted octanol–water partition coefficient (Wildman–Crippen LogP) is 6.13. The van der Waals surface area contributed by atoms with Gasteiger partial charge in [0.25, 0.3) is 0 Å². The van der Waals surface area contributed by atoms with Crippen LogP contribution in [0.1, 0.15) is 51.0 Å². The van der Waals surface area contributed by atoms with Crippen LogP contribution >= 0.6 is 38.5 Å². The second-order valence-corrected chi connectivity index (χ2v) is 7.55. The largest absolute Gasteiger partial charge is 0.369 e. The topological polar surface area (TPSA) is 9.23 Å². The Labute approximate surface area is 145 Å². The highest BCUT2D eigenvalue weighted by Gasteiger charge is 2.35. The first kappa shape index (κ1) is 16.8. The standard InChI is InChI=1S/C17H24BrIO/c1-2-5-14-8-10-17(13-19,11-9-14)20-12-15-6-3-4-7-16(15)18/h3-4,6-7,14H,2,5,8-13H2,1H3. The Kier molecular flexibility index (Phi) is 6.82. The van der Waals surface area contributed by atoms with Gasteiger partial charge in [-0.3, -0.25) is 0 Å². The maximum atomic E-state index is 6.38. The number of hydrogen-bond acceptors (Lipinski definition) is 1. The molecule has 1 aliphatic rings. The average molecular weight is 451 g/mol. The van der Waals surface area contributed by atoms with Crippen molar-refractivity contribution >= 4 is 38.5 Å². The molecule has 0 spiro atoms. The van der Waals surface area contributed by atoms with Gasteiger partial charge in [0, 0.05) is 8.90 Å². The molecule has 1 aromatic rings. The van der Waals surface area contributed by atoms with Gasteiger partial charge in [0.15, 0.2) is 0 Å². The lowest BCUT2D eigenvalue weighted by Crippen LogP contribution is -2.38. The van der Waals surface area contributed by atoms with Crippen molar-refractivity contribution < 1.29 is 4.74 Å². The minimum atomic E-state index is 0.111. The van der Waals surface area contributed by atoms with Crippen LogP contribution in [0.25, 0.3) is 0 Å². The maximum Gasteiger partial charge on any atom is 0.0776 e. The van der Waals surface area contributed by atoms with Gasteiger partial charge in [-0.1, -0.05) is 76.5 Å². The smallest absolute Gasteiger partial charge is 0.0776 e. The fourth-order valence-electron chi connectivity index (χ4n) is 3.06. The van der Waals surface area contributed by atoms with Crippen molar-refractivity contribution in [3.05, 3.63) is 34.3 Å². The predicted molar refractivity (Wildman–Crippen MR) is 97.4 cm³/mol. The van der Waals surface area contributed by atoms with E-state index in [1.165, 1.54) is 44.1 Å². The van der Waals surface area contributed by atoms with Crippen molar-refractivity contribution in [3.63, 3.8) is 0 Å². The number of hydrogen-bond donors (Lipinski definition) is 0. The monoisotopic (exact) mass is 450 g/mol. The third kappa shape index (κ3) is 4.44. The van der Waals surface area contributed by atoms with E-state index in [1.54, 1.807) is 0 Å². The van der Waals surface area contributed by atoms with Crippen LogP contribution in [0.4, 0.5) is 0 Å². The Bertz CT molecular complexity index is 413. The summed E-state index contributed by atoms with van der Waals surface area (Å²) in [5.74, 6) is 0.933. The summed E-state index contributed by atoms with van der Waals surface area (Å²) in [5, 5.41) is 0. The molecule has 0 unspecified atom stereocenters. The lowest BCUT2D eigenvalue weighted by Gasteiger charge is -2.39. The molecule has 1 fully saturated rings. The van der Waals surface area contributed by atoms with Crippen molar-refractivity contribution in [2.45, 2.75) is 57.7 Å². The molecule has 0 atom stereocenters. The number of ether oxygens (including phenoxy) is 1. The van der Waals surface area contributed by atoms with E-state index in [9.17, 15) is 0 Å². The van der Waals surface area contributed by atoms with E-state index in [1.807, 2.05) is 0 Å². The number of alkyl halides is 1. The average Bonchev–Trinajstić information content (AvgIpc) is 2.49. The normalized spacial score (nSPS) is 26.6. The molecular weight excluding hydrogens is 427 g/mol. The molecule has 0 amide bonds. The summed E-state index contributed by atoms with van der Waals surface area (Å²) in [5.41, 5.74) is 1.37. The van der Waals surface area contributed by atoms with Crippen molar-refractivity contribution in [1.82, 2.24) is 0 Å². The van der Waals surface area contributed by atoms with Gasteiger partial charge in [-0.15, -0.1) is 0 Å². The Balaban J connectivity index is 1.91. The summed E-state index contributed by atoms with van der Waals surface area (Å²) in [7, 11) is 0. The first-order valence-electron chi connectivity index (χ1n) is 7.62. The quantitative estimate of drug-likeness (QED) is 0.374. The highest BCUT2D eigenvalue weighted by atomic mass is 127. The Morgan fingerprint density at radius 1 is 1.30 bits per heavy atom. The molecule has 0 aliphatic heterocycles. The Hall–Kier alpha value is 0.390. The summed E-state index contributed by atoms with van der Waals surface area (Å²) in [6.07, 6.45) is 7.84. The summed E-state index contributed by atoms with van der Waals surface area (Å²) in [6, 6.07) is 8.37. The maximum absolute atomic E-state index is 6.38. The summed E-state index contributed by atoms with van der Waals surface area (Å²) < 4.78 is 8.64. The molecule has 0 saturated heterocycles. The molecule has 20 heavy (non-hydrogen) atoms. The van der Waals surface area contributed by atoms with Crippen LogP contribution in [0.5, 0.6) is 0 Å². The summed E-state index contributed by atoms with van der Waals surface area (Å²) >= 11 is 6.11. The van der Waals surface area contributed by atoms with Crippen LogP contribution in [-0.4, -0.2) is 10.0 Å². The van der Waals surface area contributed by atoms with Gasteiger partial charge >= 0.3 is 0 Å². The van der Waals surface area contributed by atoms with Crippen molar-refractivity contribution in [1.29, 1.82) is 0 Å². The number of benzene rings is 1. The fraction of sp³-hybridized carbons (Fsp3) is 0.647. The minimum Gasteiger partial charge on any atom is -0.369 e. The van der Waals surface area contributed by atoms with Crippen LogP contribution in [-0.2, 0) is 11.3 Å². The van der Waals surface area contributed by atoms with E-state index in [0.29, 0.717) is 0 Å². The SMILES string of the molecule is CCCC1CCC(CI)(OCc2ccccc2Br)CC1. The number of halogens is 2. The van der Waals surface area contributed by atoms with Crippen LogP contribution in [0.15, 0.2) is 28.7 Å². The number of rotatable bonds is 6. The molecule has 2 rings (SSSR count). The molecule has 1 aliphatic carbocycles. The van der Waals surface area contributed by atoms with Crippen LogP contribution in [0.3, 0.4) is 0 Å². The molecule has 1 nitrogen and oxygen atoms in total. The third-order valence-electron chi connectivity index (χ3n) is 4.45. The molecule has 0 N–H and O–H groups in total. The van der Waals surface area contributed by atoms with Gasteiger partial charge in [0.05, 0.1) is 12.2 Å². The van der Waals surface area contributed by atoms with Gasteiger partial charge in [0.1, 0.15) is 0 Å². The van der Waals surface area contributed by atoms with Gasteiger partial charge in [-0.2, -0.15) is 0 Å². The second kappa shape index (κ2) is 8.14. The van der Waals surface area contributed by atoms with E-state index in [2.05, 4.69) is 69.7 Å². The minimum absolute atomic E-state index is 0.111. The summed E-state index contributed by atoms with van der Waals surface area (Å²) in [4.78, 5) is 0. The first-order chi connectivity index (χ1) is 9.69. The zero-order valence-electron chi connectivity index (χ0n) is 12.2. The molecule has 1 aromatic carbocycles. The highest BCUT2D eigenvalue weighted by Crippen LogP contribution is 2.38. The zero-order chi connectivity index (χ0) is 14.4. The van der Waals surface area contributed by atoms with Gasteiger partial charge < -0.3 is 4.74 Å². The van der Waals surface area contributed by atoms with Gasteiger partial charge in [-0.05, 0) is 43.2 Å². The first-order valence-corrected chi connectivity index (χ1v) is 9.94. The van der Waals surface area contributed by atoms with Crippen molar-refractivity contribution in [2.75, 3.05) is 4.43 Å². The Morgan fingerprint density at radius 2 is 2.00 bits per heavy atom. The molecule has 3 heteroatoms. The second-order valence-electron chi connectivity index (χ2n) is 5.93. The lowest BCUT2D eigenvalue weighted by molar-refractivity contribution is -0.0695. The van der Waals surface area contributed by atoms with Crippen molar-refractivity contribution in [2.24, 2.45) is 5.92 Å². The lowest BCUT2D eigenvalue weighted by atomic mass is 9.78. The zero-order valence-corrected chi connectivity index (χ0v) is 16.0. The molecule has 1 saturated carbocycles. The van der Waals surface area contributed by atoms with Gasteiger partial charge in [0.2, 0.25) is 0 Å².